The average molecular weight is 463 g/mol. The Morgan fingerprint density at radius 3 is 2.21 bits per heavy atom. The van der Waals surface area contributed by atoms with Gasteiger partial charge in [0.25, 0.3) is 0 Å². The van der Waals surface area contributed by atoms with Gasteiger partial charge in [0.05, 0.1) is 4.90 Å². The number of amides is 1. The molecule has 33 heavy (non-hydrogen) atoms. The summed E-state index contributed by atoms with van der Waals surface area (Å²) in [5, 5.41) is 0. The summed E-state index contributed by atoms with van der Waals surface area (Å²) in [5.41, 5.74) is 5.63. The first kappa shape index (κ1) is 23.2. The Morgan fingerprint density at radius 2 is 1.55 bits per heavy atom. The first-order valence-corrected chi connectivity index (χ1v) is 12.7. The Labute approximate surface area is 196 Å². The lowest BCUT2D eigenvalue weighted by Crippen LogP contribution is -2.51. The maximum absolute atomic E-state index is 13.6. The summed E-state index contributed by atoms with van der Waals surface area (Å²) in [5.74, 6) is -0.195. The number of carbonyl (C=O) groups excluding carboxylic acids is 1. The molecule has 0 spiro atoms. The molecule has 3 aromatic carbocycles. The Bertz CT molecular complexity index is 1250. The lowest BCUT2D eigenvalue weighted by Gasteiger charge is -2.32. The molecule has 4 rings (SSSR count). The highest BCUT2D eigenvalue weighted by Crippen LogP contribution is 2.24. The molecular formula is C27H30N2O3S. The van der Waals surface area contributed by atoms with Gasteiger partial charge in [-0.2, -0.15) is 4.72 Å². The van der Waals surface area contributed by atoms with Crippen LogP contribution < -0.4 is 4.72 Å². The van der Waals surface area contributed by atoms with Crippen molar-refractivity contribution in [2.45, 2.75) is 51.1 Å². The van der Waals surface area contributed by atoms with Crippen molar-refractivity contribution in [3.8, 4) is 0 Å². The van der Waals surface area contributed by atoms with E-state index in [-0.39, 0.29) is 10.8 Å². The zero-order chi connectivity index (χ0) is 23.6. The second-order valence-corrected chi connectivity index (χ2v) is 10.5. The molecule has 172 valence electrons. The van der Waals surface area contributed by atoms with Crippen LogP contribution in [-0.2, 0) is 34.2 Å². The summed E-state index contributed by atoms with van der Waals surface area (Å²) in [6, 6.07) is 20.5. The third-order valence-electron chi connectivity index (χ3n) is 6.19. The van der Waals surface area contributed by atoms with Gasteiger partial charge in [0.15, 0.2) is 0 Å². The summed E-state index contributed by atoms with van der Waals surface area (Å²) in [6.07, 6.45) is 1.06. The fourth-order valence-corrected chi connectivity index (χ4v) is 6.41. The van der Waals surface area contributed by atoms with Crippen molar-refractivity contribution in [1.29, 1.82) is 0 Å². The van der Waals surface area contributed by atoms with E-state index < -0.39 is 16.1 Å². The van der Waals surface area contributed by atoms with E-state index in [2.05, 4.69) is 10.8 Å². The number of carbonyl (C=O) groups is 1. The van der Waals surface area contributed by atoms with Crippen LogP contribution in [0.15, 0.2) is 71.6 Å². The molecule has 1 aliphatic heterocycles. The number of fused-ring (bicyclic) bond motifs is 1. The van der Waals surface area contributed by atoms with Crippen LogP contribution in [0.2, 0.25) is 0 Å². The lowest BCUT2D eigenvalue weighted by molar-refractivity contribution is -0.133. The molecule has 0 saturated heterocycles. The van der Waals surface area contributed by atoms with Gasteiger partial charge in [-0.3, -0.25) is 4.79 Å². The fourth-order valence-electron chi connectivity index (χ4n) is 4.77. The van der Waals surface area contributed by atoms with Crippen molar-refractivity contribution in [3.63, 3.8) is 0 Å². The van der Waals surface area contributed by atoms with Crippen molar-refractivity contribution in [3.05, 3.63) is 100 Å². The molecule has 1 aliphatic rings. The zero-order valence-corrected chi connectivity index (χ0v) is 20.2. The van der Waals surface area contributed by atoms with E-state index in [1.54, 1.807) is 18.7 Å². The van der Waals surface area contributed by atoms with Gasteiger partial charge in [0.1, 0.15) is 6.04 Å². The number of aryl methyl sites for hydroxylation is 3. The monoisotopic (exact) mass is 462 g/mol. The van der Waals surface area contributed by atoms with Crippen LogP contribution in [0, 0.1) is 20.8 Å². The molecule has 0 radical (unpaired) electrons. The van der Waals surface area contributed by atoms with E-state index in [1.165, 1.54) is 5.56 Å². The molecule has 0 unspecified atom stereocenters. The van der Waals surface area contributed by atoms with Gasteiger partial charge in [-0.25, -0.2) is 8.42 Å². The molecule has 0 aliphatic carbocycles. The van der Waals surface area contributed by atoms with Crippen LogP contribution in [0.4, 0.5) is 0 Å². The minimum atomic E-state index is -3.90. The summed E-state index contributed by atoms with van der Waals surface area (Å²) >= 11 is 0. The molecule has 5 nitrogen and oxygen atoms in total. The quantitative estimate of drug-likeness (QED) is 0.600. The second kappa shape index (κ2) is 9.49. The Kier molecular flexibility index (Phi) is 6.68. The standard InChI is InChI=1S/C27H30N2O3S/c1-19-15-20(2)26(21(3)16-19)33(31,32)28-25(17-22-9-5-4-6-10-22)27(30)29-14-13-23-11-7-8-12-24(23)18-29/h4-12,15-16,25,28H,13-14,17-18H2,1-3H3/t25-/m0/s1. The highest BCUT2D eigenvalue weighted by molar-refractivity contribution is 7.89. The number of sulfonamides is 1. The average Bonchev–Trinajstić information content (AvgIpc) is 2.77. The molecular weight excluding hydrogens is 432 g/mol. The van der Waals surface area contributed by atoms with Crippen molar-refractivity contribution >= 4 is 15.9 Å². The molecule has 0 fully saturated rings. The Hall–Kier alpha value is -2.96. The van der Waals surface area contributed by atoms with E-state index in [0.29, 0.717) is 30.6 Å². The van der Waals surface area contributed by atoms with Crippen molar-refractivity contribution in [2.24, 2.45) is 0 Å². The predicted molar refractivity (Wildman–Crippen MR) is 130 cm³/mol. The molecule has 1 atom stereocenters. The van der Waals surface area contributed by atoms with E-state index in [1.807, 2.05) is 67.6 Å². The van der Waals surface area contributed by atoms with Crippen molar-refractivity contribution in [2.75, 3.05) is 6.54 Å². The molecule has 1 amide bonds. The summed E-state index contributed by atoms with van der Waals surface area (Å²) in [4.78, 5) is 15.7. The summed E-state index contributed by atoms with van der Waals surface area (Å²) in [6.45, 7) is 6.60. The number of benzene rings is 3. The molecule has 6 heteroatoms. The first-order valence-electron chi connectivity index (χ1n) is 11.2. The minimum Gasteiger partial charge on any atom is -0.337 e. The van der Waals surface area contributed by atoms with E-state index in [4.69, 9.17) is 0 Å². The van der Waals surface area contributed by atoms with Crippen LogP contribution in [0.1, 0.15) is 33.4 Å². The van der Waals surface area contributed by atoms with Gasteiger partial charge in [0.2, 0.25) is 15.9 Å². The van der Waals surface area contributed by atoms with Gasteiger partial charge < -0.3 is 4.90 Å². The predicted octanol–water partition coefficient (Wildman–Crippen LogP) is 4.09. The smallest absolute Gasteiger partial charge is 0.241 e. The molecule has 1 N–H and O–H groups in total. The van der Waals surface area contributed by atoms with E-state index in [9.17, 15) is 13.2 Å². The fraction of sp³-hybridized carbons (Fsp3) is 0.296. The van der Waals surface area contributed by atoms with Crippen LogP contribution >= 0.6 is 0 Å². The van der Waals surface area contributed by atoms with Gasteiger partial charge in [-0.1, -0.05) is 72.3 Å². The highest BCUT2D eigenvalue weighted by atomic mass is 32.2. The van der Waals surface area contributed by atoms with Crippen LogP contribution in [0.3, 0.4) is 0 Å². The first-order chi connectivity index (χ1) is 15.7. The number of hydrogen-bond acceptors (Lipinski definition) is 3. The zero-order valence-electron chi connectivity index (χ0n) is 19.3. The number of nitrogens with one attached hydrogen (secondary N) is 1. The normalized spacial score (nSPS) is 14.6. The molecule has 0 saturated carbocycles. The highest BCUT2D eigenvalue weighted by Gasteiger charge is 2.32. The SMILES string of the molecule is Cc1cc(C)c(S(=O)(=O)N[C@@H](Cc2ccccc2)C(=O)N2CCc3ccccc3C2)c(C)c1. The van der Waals surface area contributed by atoms with E-state index >= 15 is 0 Å². The number of hydrogen-bond donors (Lipinski definition) is 1. The number of rotatable bonds is 6. The lowest BCUT2D eigenvalue weighted by atomic mass is 9.98. The molecule has 0 bridgehead atoms. The van der Waals surface area contributed by atoms with Crippen molar-refractivity contribution < 1.29 is 13.2 Å². The maximum atomic E-state index is 13.6. The maximum Gasteiger partial charge on any atom is 0.241 e. The Morgan fingerprint density at radius 1 is 0.939 bits per heavy atom. The third kappa shape index (κ3) is 5.18. The molecule has 1 heterocycles. The molecule has 3 aromatic rings. The summed E-state index contributed by atoms with van der Waals surface area (Å²) < 4.78 is 29.7. The van der Waals surface area contributed by atoms with Gasteiger partial charge in [-0.15, -0.1) is 0 Å². The van der Waals surface area contributed by atoms with Gasteiger partial charge >= 0.3 is 0 Å². The van der Waals surface area contributed by atoms with Crippen LogP contribution in [0.25, 0.3) is 0 Å². The summed E-state index contributed by atoms with van der Waals surface area (Å²) in [7, 11) is -3.90. The molecule has 0 aromatic heterocycles. The largest absolute Gasteiger partial charge is 0.337 e. The minimum absolute atomic E-state index is 0.195. The third-order valence-corrected chi connectivity index (χ3v) is 7.97. The van der Waals surface area contributed by atoms with E-state index in [0.717, 1.165) is 23.1 Å². The van der Waals surface area contributed by atoms with Crippen LogP contribution in [-0.4, -0.2) is 31.8 Å². The number of nitrogens with zero attached hydrogens (tertiary/aromatic N) is 1. The topological polar surface area (TPSA) is 66.5 Å². The van der Waals surface area contributed by atoms with Gasteiger partial charge in [-0.05, 0) is 61.4 Å². The van der Waals surface area contributed by atoms with Gasteiger partial charge in [0, 0.05) is 13.1 Å². The van der Waals surface area contributed by atoms with Crippen LogP contribution in [0.5, 0.6) is 0 Å². The Balaban J connectivity index is 1.65. The second-order valence-electron chi connectivity index (χ2n) is 8.87. The van der Waals surface area contributed by atoms with Crippen molar-refractivity contribution in [1.82, 2.24) is 9.62 Å².